The van der Waals surface area contributed by atoms with Crippen LogP contribution in [0.1, 0.15) is 26.2 Å². The predicted molar refractivity (Wildman–Crippen MR) is 59.4 cm³/mol. The number of aliphatic hydroxyl groups is 1. The van der Waals surface area contributed by atoms with Gasteiger partial charge in [-0.1, -0.05) is 0 Å². The van der Waals surface area contributed by atoms with Crippen LogP contribution in [0.3, 0.4) is 0 Å². The molecule has 84 valence electrons. The van der Waals surface area contributed by atoms with Crippen molar-refractivity contribution in [1.29, 1.82) is 0 Å². The second-order valence-electron chi connectivity index (χ2n) is 4.70. The van der Waals surface area contributed by atoms with Crippen LogP contribution in [0.5, 0.6) is 0 Å². The molecule has 0 aliphatic carbocycles. The Kier molecular flexibility index (Phi) is 4.85. The van der Waals surface area contributed by atoms with Gasteiger partial charge >= 0.3 is 0 Å². The maximum atomic E-state index is 9.14. The Balaban J connectivity index is 2.10. The van der Waals surface area contributed by atoms with Crippen molar-refractivity contribution in [2.24, 2.45) is 0 Å². The normalized spacial score (nSPS) is 25.9. The maximum Gasteiger partial charge on any atom is 0.0512 e. The van der Waals surface area contributed by atoms with Gasteiger partial charge in [-0.3, -0.25) is 0 Å². The van der Waals surface area contributed by atoms with E-state index in [-0.39, 0.29) is 6.10 Å². The molecule has 0 aromatic carbocycles. The predicted octanol–water partition coefficient (Wildman–Crippen LogP) is 0.783. The van der Waals surface area contributed by atoms with Gasteiger partial charge in [-0.15, -0.1) is 0 Å². The van der Waals surface area contributed by atoms with Crippen molar-refractivity contribution in [3.05, 3.63) is 0 Å². The van der Waals surface area contributed by atoms with Crippen molar-refractivity contribution in [2.45, 2.75) is 38.3 Å². The molecule has 1 rings (SSSR count). The van der Waals surface area contributed by atoms with E-state index >= 15 is 0 Å². The molecule has 0 bridgehead atoms. The molecule has 0 saturated carbocycles. The number of likely N-dealkylation sites (N-methyl/N-ethyl adjacent to an activating group) is 1. The van der Waals surface area contributed by atoms with Gasteiger partial charge in [-0.25, -0.2) is 0 Å². The molecule has 3 nitrogen and oxygen atoms in total. The monoisotopic (exact) mass is 200 g/mol. The van der Waals surface area contributed by atoms with E-state index in [9.17, 15) is 0 Å². The molecule has 0 aromatic rings. The Morgan fingerprint density at radius 3 is 2.71 bits per heavy atom. The lowest BCUT2D eigenvalue weighted by Crippen LogP contribution is -2.32. The Bertz CT molecular complexity index is 159. The minimum Gasteiger partial charge on any atom is -0.393 e. The second-order valence-corrected chi connectivity index (χ2v) is 4.70. The fourth-order valence-corrected chi connectivity index (χ4v) is 2.05. The number of likely N-dealkylation sites (tertiary alicyclic amines) is 1. The zero-order chi connectivity index (χ0) is 10.6. The van der Waals surface area contributed by atoms with E-state index in [0.29, 0.717) is 0 Å². The third kappa shape index (κ3) is 3.95. The van der Waals surface area contributed by atoms with Crippen LogP contribution in [-0.2, 0) is 0 Å². The number of rotatable bonds is 5. The van der Waals surface area contributed by atoms with Crippen molar-refractivity contribution >= 4 is 0 Å². The summed E-state index contributed by atoms with van der Waals surface area (Å²) in [6.07, 6.45) is 3.21. The van der Waals surface area contributed by atoms with Crippen LogP contribution in [-0.4, -0.2) is 60.8 Å². The first kappa shape index (κ1) is 12.0. The van der Waals surface area contributed by atoms with Gasteiger partial charge in [0, 0.05) is 12.6 Å². The van der Waals surface area contributed by atoms with Crippen LogP contribution >= 0.6 is 0 Å². The third-order valence-electron chi connectivity index (χ3n) is 3.07. The Morgan fingerprint density at radius 1 is 1.50 bits per heavy atom. The molecule has 0 aromatic heterocycles. The van der Waals surface area contributed by atoms with E-state index in [2.05, 4.69) is 23.9 Å². The van der Waals surface area contributed by atoms with Crippen LogP contribution < -0.4 is 0 Å². The van der Waals surface area contributed by atoms with Crippen LogP contribution in [0.25, 0.3) is 0 Å². The standard InChI is InChI=1S/C11H24N2O/c1-10(14)5-4-7-13-8-6-11(9-13)12(2)3/h10-11,14H,4-9H2,1-3H3. The van der Waals surface area contributed by atoms with Crippen LogP contribution in [0.4, 0.5) is 0 Å². The molecule has 2 unspecified atom stereocenters. The molecule has 1 N–H and O–H groups in total. The van der Waals surface area contributed by atoms with Crippen LogP contribution in [0, 0.1) is 0 Å². The number of aliphatic hydroxyl groups excluding tert-OH is 1. The summed E-state index contributed by atoms with van der Waals surface area (Å²) < 4.78 is 0. The summed E-state index contributed by atoms with van der Waals surface area (Å²) in [6, 6.07) is 0.738. The lowest BCUT2D eigenvalue weighted by Gasteiger charge is -2.20. The zero-order valence-electron chi connectivity index (χ0n) is 9.74. The summed E-state index contributed by atoms with van der Waals surface area (Å²) in [6.45, 7) is 5.44. The molecule has 1 heterocycles. The lowest BCUT2D eigenvalue weighted by atomic mass is 10.2. The smallest absolute Gasteiger partial charge is 0.0512 e. The van der Waals surface area contributed by atoms with E-state index in [1.54, 1.807) is 0 Å². The number of hydrogen-bond acceptors (Lipinski definition) is 3. The highest BCUT2D eigenvalue weighted by molar-refractivity contribution is 4.80. The molecule has 1 fully saturated rings. The summed E-state index contributed by atoms with van der Waals surface area (Å²) in [7, 11) is 4.31. The molecular formula is C11H24N2O. The first-order valence-corrected chi connectivity index (χ1v) is 5.66. The van der Waals surface area contributed by atoms with Crippen molar-refractivity contribution in [3.8, 4) is 0 Å². The highest BCUT2D eigenvalue weighted by Gasteiger charge is 2.23. The van der Waals surface area contributed by atoms with Gasteiger partial charge in [-0.2, -0.15) is 0 Å². The molecule has 14 heavy (non-hydrogen) atoms. The SMILES string of the molecule is CC(O)CCCN1CCC(N(C)C)C1. The van der Waals surface area contributed by atoms with Crippen molar-refractivity contribution in [1.82, 2.24) is 9.80 Å². The first-order chi connectivity index (χ1) is 6.59. The topological polar surface area (TPSA) is 26.7 Å². The molecule has 1 aliphatic rings. The fraction of sp³-hybridized carbons (Fsp3) is 1.00. The van der Waals surface area contributed by atoms with Gasteiger partial charge in [0.15, 0.2) is 0 Å². The largest absolute Gasteiger partial charge is 0.393 e. The Hall–Kier alpha value is -0.120. The minimum absolute atomic E-state index is 0.137. The summed E-state index contributed by atoms with van der Waals surface area (Å²) in [4.78, 5) is 4.82. The van der Waals surface area contributed by atoms with Crippen LogP contribution in [0.15, 0.2) is 0 Å². The number of hydrogen-bond donors (Lipinski definition) is 1. The fourth-order valence-electron chi connectivity index (χ4n) is 2.05. The van der Waals surface area contributed by atoms with Gasteiger partial charge in [0.05, 0.1) is 6.10 Å². The van der Waals surface area contributed by atoms with Gasteiger partial charge in [0.1, 0.15) is 0 Å². The highest BCUT2D eigenvalue weighted by atomic mass is 16.3. The Labute approximate surface area is 87.7 Å². The molecule has 0 amide bonds. The molecule has 0 radical (unpaired) electrons. The van der Waals surface area contributed by atoms with Gasteiger partial charge in [0.25, 0.3) is 0 Å². The summed E-state index contributed by atoms with van der Waals surface area (Å²) in [5, 5.41) is 9.14. The first-order valence-electron chi connectivity index (χ1n) is 5.66. The van der Waals surface area contributed by atoms with Gasteiger partial charge in [-0.05, 0) is 53.4 Å². The average Bonchev–Trinajstić information content (AvgIpc) is 2.52. The minimum atomic E-state index is -0.137. The van der Waals surface area contributed by atoms with E-state index in [1.807, 2.05) is 6.92 Å². The quantitative estimate of drug-likeness (QED) is 0.710. The third-order valence-corrected chi connectivity index (χ3v) is 3.07. The zero-order valence-corrected chi connectivity index (χ0v) is 9.74. The molecular weight excluding hydrogens is 176 g/mol. The summed E-state index contributed by atoms with van der Waals surface area (Å²) in [5.74, 6) is 0. The average molecular weight is 200 g/mol. The van der Waals surface area contributed by atoms with Crippen LogP contribution in [0.2, 0.25) is 0 Å². The highest BCUT2D eigenvalue weighted by Crippen LogP contribution is 2.13. The summed E-state index contributed by atoms with van der Waals surface area (Å²) in [5.41, 5.74) is 0. The van der Waals surface area contributed by atoms with E-state index < -0.39 is 0 Å². The maximum absolute atomic E-state index is 9.14. The second kappa shape index (κ2) is 5.69. The van der Waals surface area contributed by atoms with Gasteiger partial charge in [0.2, 0.25) is 0 Å². The molecule has 0 spiro atoms. The van der Waals surface area contributed by atoms with Gasteiger partial charge < -0.3 is 14.9 Å². The Morgan fingerprint density at radius 2 is 2.21 bits per heavy atom. The molecule has 1 aliphatic heterocycles. The van der Waals surface area contributed by atoms with E-state index in [0.717, 1.165) is 25.4 Å². The molecule has 1 saturated heterocycles. The van der Waals surface area contributed by atoms with Crippen molar-refractivity contribution < 1.29 is 5.11 Å². The van der Waals surface area contributed by atoms with Crippen molar-refractivity contribution in [3.63, 3.8) is 0 Å². The number of nitrogens with zero attached hydrogens (tertiary/aromatic N) is 2. The lowest BCUT2D eigenvalue weighted by molar-refractivity contribution is 0.173. The van der Waals surface area contributed by atoms with E-state index in [1.165, 1.54) is 19.5 Å². The molecule has 2 atom stereocenters. The summed E-state index contributed by atoms with van der Waals surface area (Å²) >= 11 is 0. The van der Waals surface area contributed by atoms with E-state index in [4.69, 9.17) is 5.11 Å². The van der Waals surface area contributed by atoms with Crippen molar-refractivity contribution in [2.75, 3.05) is 33.7 Å². The molecule has 3 heteroatoms.